The molecule has 0 unspecified atom stereocenters. The Morgan fingerprint density at radius 2 is 2.00 bits per heavy atom. The fourth-order valence-corrected chi connectivity index (χ4v) is 2.13. The van der Waals surface area contributed by atoms with Crippen molar-refractivity contribution in [3.63, 3.8) is 0 Å². The van der Waals surface area contributed by atoms with Crippen molar-refractivity contribution in [2.24, 2.45) is 0 Å². The normalized spacial score (nSPS) is 27.7. The number of carboxylic acid groups (broad SMARTS) is 1. The minimum Gasteiger partial charge on any atom is -0.465 e. The van der Waals surface area contributed by atoms with Crippen LogP contribution in [0.4, 0.5) is 9.18 Å². The molecule has 1 N–H and O–H groups in total. The molecule has 0 saturated heterocycles. The Morgan fingerprint density at radius 1 is 1.43 bits per heavy atom. The number of alkyl halides is 1. The maximum Gasteiger partial charge on any atom is 0.407 e. The summed E-state index contributed by atoms with van der Waals surface area (Å²) in [6.07, 6.45) is -0.292. The van der Waals surface area contributed by atoms with E-state index in [0.717, 1.165) is 0 Å². The topological polar surface area (TPSA) is 40.5 Å². The van der Waals surface area contributed by atoms with Crippen molar-refractivity contribution in [2.45, 2.75) is 57.8 Å². The summed E-state index contributed by atoms with van der Waals surface area (Å²) in [6, 6.07) is -0.150. The van der Waals surface area contributed by atoms with E-state index in [9.17, 15) is 9.18 Å². The molecule has 0 radical (unpaired) electrons. The molecule has 1 aliphatic rings. The molecule has 0 aliphatic heterocycles. The van der Waals surface area contributed by atoms with E-state index in [4.69, 9.17) is 5.11 Å². The molecule has 1 fully saturated rings. The second kappa shape index (κ2) is 3.75. The summed E-state index contributed by atoms with van der Waals surface area (Å²) in [7, 11) is 0. The van der Waals surface area contributed by atoms with Crippen LogP contribution in [0.5, 0.6) is 0 Å². The Bertz CT molecular complexity index is 225. The maximum absolute atomic E-state index is 13.0. The molecule has 1 rings (SSSR count). The third kappa shape index (κ3) is 2.36. The molecule has 0 aromatic rings. The number of rotatable bonds is 1. The third-order valence-electron chi connectivity index (χ3n) is 2.63. The molecule has 82 valence electrons. The van der Waals surface area contributed by atoms with Crippen molar-refractivity contribution in [1.29, 1.82) is 0 Å². The van der Waals surface area contributed by atoms with Gasteiger partial charge in [-0.05, 0) is 40.0 Å². The number of hydrogen-bond donors (Lipinski definition) is 1. The van der Waals surface area contributed by atoms with Gasteiger partial charge in [-0.3, -0.25) is 0 Å². The van der Waals surface area contributed by atoms with E-state index in [2.05, 4.69) is 0 Å². The van der Waals surface area contributed by atoms with E-state index in [1.807, 2.05) is 20.8 Å². The highest BCUT2D eigenvalue weighted by atomic mass is 19.1. The number of carbonyl (C=O) groups is 1. The Kier molecular flexibility index (Phi) is 3.02. The van der Waals surface area contributed by atoms with Crippen LogP contribution in [0.25, 0.3) is 0 Å². The predicted octanol–water partition coefficient (Wildman–Crippen LogP) is 2.66. The van der Waals surface area contributed by atoms with Gasteiger partial charge in [0.2, 0.25) is 0 Å². The van der Waals surface area contributed by atoms with Gasteiger partial charge in [0.25, 0.3) is 0 Å². The van der Waals surface area contributed by atoms with E-state index in [0.29, 0.717) is 19.3 Å². The lowest BCUT2D eigenvalue weighted by Crippen LogP contribution is -2.50. The van der Waals surface area contributed by atoms with Crippen LogP contribution in [-0.2, 0) is 0 Å². The van der Waals surface area contributed by atoms with E-state index >= 15 is 0 Å². The van der Waals surface area contributed by atoms with Crippen LogP contribution in [-0.4, -0.2) is 33.9 Å². The van der Waals surface area contributed by atoms with Crippen LogP contribution in [0.2, 0.25) is 0 Å². The van der Waals surface area contributed by atoms with Gasteiger partial charge in [0.1, 0.15) is 6.17 Å². The fourth-order valence-electron chi connectivity index (χ4n) is 2.13. The van der Waals surface area contributed by atoms with Crippen molar-refractivity contribution in [1.82, 2.24) is 4.90 Å². The first-order valence-electron chi connectivity index (χ1n) is 4.98. The van der Waals surface area contributed by atoms with Crippen LogP contribution >= 0.6 is 0 Å². The molecule has 0 spiro atoms. The molecule has 1 saturated carbocycles. The van der Waals surface area contributed by atoms with E-state index in [1.54, 1.807) is 0 Å². The number of amides is 1. The summed E-state index contributed by atoms with van der Waals surface area (Å²) in [5.41, 5.74) is -0.444. The lowest BCUT2D eigenvalue weighted by atomic mass is 10.0. The molecule has 4 heteroatoms. The fraction of sp³-hybridized carbons (Fsp3) is 0.900. The number of nitrogens with zero attached hydrogens (tertiary/aromatic N) is 1. The largest absolute Gasteiger partial charge is 0.465 e. The zero-order valence-electron chi connectivity index (χ0n) is 8.96. The van der Waals surface area contributed by atoms with Crippen molar-refractivity contribution < 1.29 is 14.3 Å². The molecule has 0 aromatic heterocycles. The summed E-state index contributed by atoms with van der Waals surface area (Å²) >= 11 is 0. The first kappa shape index (κ1) is 11.3. The van der Waals surface area contributed by atoms with E-state index < -0.39 is 17.8 Å². The lowest BCUT2D eigenvalue weighted by molar-refractivity contribution is 0.0700. The minimum atomic E-state index is -0.948. The summed E-state index contributed by atoms with van der Waals surface area (Å²) in [4.78, 5) is 12.4. The first-order valence-corrected chi connectivity index (χ1v) is 4.98. The number of halogens is 1. The average Bonchev–Trinajstić information content (AvgIpc) is 2.31. The highest BCUT2D eigenvalue weighted by molar-refractivity contribution is 5.66. The highest BCUT2D eigenvalue weighted by Gasteiger charge is 2.37. The Hall–Kier alpha value is -0.800. The minimum absolute atomic E-state index is 0.150. The Balaban J connectivity index is 2.74. The van der Waals surface area contributed by atoms with E-state index in [1.165, 1.54) is 4.90 Å². The molecule has 3 nitrogen and oxygen atoms in total. The summed E-state index contributed by atoms with van der Waals surface area (Å²) in [5, 5.41) is 9.06. The van der Waals surface area contributed by atoms with Gasteiger partial charge in [-0.2, -0.15) is 0 Å². The highest BCUT2D eigenvalue weighted by Crippen LogP contribution is 2.30. The second-order valence-corrected chi connectivity index (χ2v) is 4.89. The van der Waals surface area contributed by atoms with Crippen LogP contribution < -0.4 is 0 Å². The summed E-state index contributed by atoms with van der Waals surface area (Å²) < 4.78 is 13.0. The SMILES string of the molecule is CC(C)(C)N(C(=O)O)[C@@H]1CC[C@H](F)C1. The first-order chi connectivity index (χ1) is 6.32. The zero-order valence-corrected chi connectivity index (χ0v) is 8.96. The van der Waals surface area contributed by atoms with Crippen molar-refractivity contribution in [2.75, 3.05) is 0 Å². The third-order valence-corrected chi connectivity index (χ3v) is 2.63. The van der Waals surface area contributed by atoms with Crippen LogP contribution in [0.3, 0.4) is 0 Å². The van der Waals surface area contributed by atoms with Gasteiger partial charge in [0, 0.05) is 11.6 Å². The van der Waals surface area contributed by atoms with Gasteiger partial charge in [-0.15, -0.1) is 0 Å². The Morgan fingerprint density at radius 3 is 2.29 bits per heavy atom. The molecular weight excluding hydrogens is 185 g/mol. The molecule has 0 aromatic carbocycles. The summed E-state index contributed by atoms with van der Waals surface area (Å²) in [5.74, 6) is 0. The average molecular weight is 203 g/mol. The molecule has 14 heavy (non-hydrogen) atoms. The Labute approximate surface area is 83.9 Å². The molecule has 1 aliphatic carbocycles. The standard InChI is InChI=1S/C10H18FNO2/c1-10(2,3)12(9(13)14)8-5-4-7(11)6-8/h7-8H,4-6H2,1-3H3,(H,13,14)/t7-,8+/m0/s1. The number of hydrogen-bond acceptors (Lipinski definition) is 1. The quantitative estimate of drug-likeness (QED) is 0.711. The van der Waals surface area contributed by atoms with Gasteiger partial charge in [0.05, 0.1) is 0 Å². The zero-order chi connectivity index (χ0) is 10.9. The predicted molar refractivity (Wildman–Crippen MR) is 52.2 cm³/mol. The second-order valence-electron chi connectivity index (χ2n) is 4.89. The molecule has 2 atom stereocenters. The van der Waals surface area contributed by atoms with E-state index in [-0.39, 0.29) is 6.04 Å². The van der Waals surface area contributed by atoms with Gasteiger partial charge in [-0.25, -0.2) is 9.18 Å². The molecular formula is C10H18FNO2. The van der Waals surface area contributed by atoms with Crippen LogP contribution in [0.1, 0.15) is 40.0 Å². The maximum atomic E-state index is 13.0. The van der Waals surface area contributed by atoms with Crippen molar-refractivity contribution in [3.05, 3.63) is 0 Å². The van der Waals surface area contributed by atoms with Crippen molar-refractivity contribution >= 4 is 6.09 Å². The van der Waals surface area contributed by atoms with Gasteiger partial charge in [0.15, 0.2) is 0 Å². The molecule has 1 amide bonds. The van der Waals surface area contributed by atoms with Crippen molar-refractivity contribution in [3.8, 4) is 0 Å². The molecule has 0 bridgehead atoms. The summed E-state index contributed by atoms with van der Waals surface area (Å²) in [6.45, 7) is 5.52. The molecule has 0 heterocycles. The lowest BCUT2D eigenvalue weighted by Gasteiger charge is -2.37. The van der Waals surface area contributed by atoms with Gasteiger partial charge < -0.3 is 10.0 Å². The monoisotopic (exact) mass is 203 g/mol. The van der Waals surface area contributed by atoms with Crippen LogP contribution in [0, 0.1) is 0 Å². The smallest absolute Gasteiger partial charge is 0.407 e. The van der Waals surface area contributed by atoms with Gasteiger partial charge >= 0.3 is 6.09 Å². The van der Waals surface area contributed by atoms with Gasteiger partial charge in [-0.1, -0.05) is 0 Å². The van der Waals surface area contributed by atoms with Crippen LogP contribution in [0.15, 0.2) is 0 Å².